The highest BCUT2D eigenvalue weighted by molar-refractivity contribution is 6.05. The number of carbonyl (C=O) groups excluding carboxylic acids is 2. The van der Waals surface area contributed by atoms with E-state index in [1.165, 1.54) is 0 Å². The molecule has 0 bridgehead atoms. The number of nitrogens with zero attached hydrogens (tertiary/aromatic N) is 1. The first kappa shape index (κ1) is 17.4. The van der Waals surface area contributed by atoms with Crippen LogP contribution in [0.25, 0.3) is 6.08 Å². The van der Waals surface area contributed by atoms with Crippen molar-refractivity contribution in [3.8, 4) is 0 Å². The van der Waals surface area contributed by atoms with Crippen LogP contribution in [-0.4, -0.2) is 23.3 Å². The van der Waals surface area contributed by atoms with Crippen molar-refractivity contribution < 1.29 is 9.59 Å². The number of unbranched alkanes of at least 4 members (excludes halogenated alkanes) is 1. The van der Waals surface area contributed by atoms with E-state index in [1.54, 1.807) is 48.8 Å². The third-order valence-electron chi connectivity index (χ3n) is 3.34. The van der Waals surface area contributed by atoms with Gasteiger partial charge in [0.05, 0.1) is 0 Å². The van der Waals surface area contributed by atoms with E-state index in [2.05, 4.69) is 22.5 Å². The molecule has 2 rings (SSSR count). The van der Waals surface area contributed by atoms with Crippen molar-refractivity contribution in [1.82, 2.24) is 15.6 Å². The quantitative estimate of drug-likeness (QED) is 0.608. The Morgan fingerprint density at radius 3 is 2.58 bits per heavy atom. The average molecular weight is 323 g/mol. The van der Waals surface area contributed by atoms with Crippen molar-refractivity contribution in [1.29, 1.82) is 0 Å². The minimum Gasteiger partial charge on any atom is -0.351 e. The number of hydrogen-bond donors (Lipinski definition) is 2. The molecule has 0 fully saturated rings. The molecule has 0 aliphatic heterocycles. The van der Waals surface area contributed by atoms with Crippen molar-refractivity contribution in [2.24, 2.45) is 0 Å². The Morgan fingerprint density at radius 2 is 1.92 bits per heavy atom. The molecule has 2 amide bonds. The first-order valence-electron chi connectivity index (χ1n) is 7.97. The minimum absolute atomic E-state index is 0.202. The second-order valence-corrected chi connectivity index (χ2v) is 5.27. The highest BCUT2D eigenvalue weighted by Gasteiger charge is 2.14. The highest BCUT2D eigenvalue weighted by atomic mass is 16.2. The third kappa shape index (κ3) is 5.35. The van der Waals surface area contributed by atoms with Gasteiger partial charge in [0.1, 0.15) is 5.70 Å². The molecule has 0 saturated carbocycles. The number of nitrogens with one attached hydrogen (secondary N) is 2. The summed E-state index contributed by atoms with van der Waals surface area (Å²) in [5.74, 6) is -0.632. The standard InChI is InChI=1S/C19H21N3O2/c1-2-3-12-21-19(24)17(13-15-8-7-11-20-14-15)22-18(23)16-9-5-4-6-10-16/h4-11,13-14H,2-3,12H2,1H3,(H,21,24)(H,22,23)/b17-13-. The van der Waals surface area contributed by atoms with Gasteiger partial charge in [-0.05, 0) is 36.3 Å². The van der Waals surface area contributed by atoms with Gasteiger partial charge < -0.3 is 10.6 Å². The summed E-state index contributed by atoms with van der Waals surface area (Å²) in [4.78, 5) is 28.7. The first-order chi connectivity index (χ1) is 11.7. The molecule has 2 N–H and O–H groups in total. The van der Waals surface area contributed by atoms with E-state index in [4.69, 9.17) is 0 Å². The van der Waals surface area contributed by atoms with Gasteiger partial charge in [0.15, 0.2) is 0 Å². The fourth-order valence-electron chi connectivity index (χ4n) is 2.04. The molecule has 124 valence electrons. The molecule has 1 aromatic heterocycles. The fourth-order valence-corrected chi connectivity index (χ4v) is 2.04. The fraction of sp³-hybridized carbons (Fsp3) is 0.211. The largest absolute Gasteiger partial charge is 0.351 e. The van der Waals surface area contributed by atoms with E-state index in [9.17, 15) is 9.59 Å². The predicted octanol–water partition coefficient (Wildman–Crippen LogP) is 2.77. The van der Waals surface area contributed by atoms with Crippen LogP contribution < -0.4 is 10.6 Å². The number of amides is 2. The van der Waals surface area contributed by atoms with Gasteiger partial charge in [0.2, 0.25) is 0 Å². The lowest BCUT2D eigenvalue weighted by atomic mass is 10.2. The maximum absolute atomic E-state index is 12.4. The van der Waals surface area contributed by atoms with Crippen molar-refractivity contribution in [2.75, 3.05) is 6.54 Å². The van der Waals surface area contributed by atoms with Crippen LogP contribution in [0, 0.1) is 0 Å². The van der Waals surface area contributed by atoms with E-state index in [-0.39, 0.29) is 17.5 Å². The van der Waals surface area contributed by atoms with Gasteiger partial charge in [-0.1, -0.05) is 37.6 Å². The summed E-state index contributed by atoms with van der Waals surface area (Å²) in [5, 5.41) is 5.51. The van der Waals surface area contributed by atoms with Gasteiger partial charge in [-0.3, -0.25) is 14.6 Å². The van der Waals surface area contributed by atoms with E-state index >= 15 is 0 Å². The normalized spacial score (nSPS) is 11.0. The summed E-state index contributed by atoms with van der Waals surface area (Å²) in [7, 11) is 0. The van der Waals surface area contributed by atoms with E-state index in [1.807, 2.05) is 12.1 Å². The zero-order valence-electron chi connectivity index (χ0n) is 13.7. The molecule has 1 aromatic carbocycles. The van der Waals surface area contributed by atoms with Crippen molar-refractivity contribution in [3.05, 3.63) is 71.7 Å². The maximum Gasteiger partial charge on any atom is 0.267 e. The van der Waals surface area contributed by atoms with E-state index < -0.39 is 0 Å². The predicted molar refractivity (Wildman–Crippen MR) is 94.0 cm³/mol. The molecule has 0 saturated heterocycles. The lowest BCUT2D eigenvalue weighted by Crippen LogP contribution is -2.35. The van der Waals surface area contributed by atoms with Gasteiger partial charge >= 0.3 is 0 Å². The number of hydrogen-bond acceptors (Lipinski definition) is 3. The monoisotopic (exact) mass is 323 g/mol. The number of benzene rings is 1. The van der Waals surface area contributed by atoms with Crippen LogP contribution >= 0.6 is 0 Å². The van der Waals surface area contributed by atoms with Crippen LogP contribution in [0.3, 0.4) is 0 Å². The highest BCUT2D eigenvalue weighted by Crippen LogP contribution is 2.06. The number of aromatic nitrogens is 1. The SMILES string of the molecule is CCCCNC(=O)/C(=C/c1cccnc1)NC(=O)c1ccccc1. The second-order valence-electron chi connectivity index (χ2n) is 5.27. The molecule has 5 heteroatoms. The molecule has 0 aliphatic carbocycles. The zero-order valence-corrected chi connectivity index (χ0v) is 13.7. The molecule has 2 aromatic rings. The van der Waals surface area contributed by atoms with Crippen LogP contribution in [0.15, 0.2) is 60.6 Å². The Morgan fingerprint density at radius 1 is 1.12 bits per heavy atom. The molecule has 0 spiro atoms. The molecular formula is C19H21N3O2. The summed E-state index contributed by atoms with van der Waals surface area (Å²) in [6, 6.07) is 12.4. The topological polar surface area (TPSA) is 71.1 Å². The molecule has 24 heavy (non-hydrogen) atoms. The van der Waals surface area contributed by atoms with Gasteiger partial charge in [0, 0.05) is 24.5 Å². The van der Waals surface area contributed by atoms with Crippen molar-refractivity contribution >= 4 is 17.9 Å². The summed E-state index contributed by atoms with van der Waals surface area (Å²) in [6.45, 7) is 2.62. The average Bonchev–Trinajstić information content (AvgIpc) is 2.63. The molecule has 0 unspecified atom stereocenters. The Bertz CT molecular complexity index is 697. The molecule has 5 nitrogen and oxygen atoms in total. The number of carbonyl (C=O) groups is 2. The third-order valence-corrected chi connectivity index (χ3v) is 3.34. The summed E-state index contributed by atoms with van der Waals surface area (Å²) >= 11 is 0. The summed E-state index contributed by atoms with van der Waals surface area (Å²) in [5.41, 5.74) is 1.44. The molecular weight excluding hydrogens is 302 g/mol. The minimum atomic E-state index is -0.323. The zero-order chi connectivity index (χ0) is 17.2. The summed E-state index contributed by atoms with van der Waals surface area (Å²) < 4.78 is 0. The first-order valence-corrected chi connectivity index (χ1v) is 7.97. The summed E-state index contributed by atoms with van der Waals surface area (Å²) in [6.07, 6.45) is 6.78. The Balaban J connectivity index is 2.17. The van der Waals surface area contributed by atoms with E-state index in [0.717, 1.165) is 18.4 Å². The van der Waals surface area contributed by atoms with Gasteiger partial charge in [-0.2, -0.15) is 0 Å². The van der Waals surface area contributed by atoms with Crippen molar-refractivity contribution in [3.63, 3.8) is 0 Å². The maximum atomic E-state index is 12.4. The van der Waals surface area contributed by atoms with Gasteiger partial charge in [-0.15, -0.1) is 0 Å². The van der Waals surface area contributed by atoms with Crippen molar-refractivity contribution in [2.45, 2.75) is 19.8 Å². The molecule has 0 radical (unpaired) electrons. The van der Waals surface area contributed by atoms with Crippen LogP contribution in [0.1, 0.15) is 35.7 Å². The lowest BCUT2D eigenvalue weighted by Gasteiger charge is -2.11. The Hall–Kier alpha value is -2.95. The smallest absolute Gasteiger partial charge is 0.267 e. The van der Waals surface area contributed by atoms with Crippen LogP contribution in [-0.2, 0) is 4.79 Å². The lowest BCUT2D eigenvalue weighted by molar-refractivity contribution is -0.117. The van der Waals surface area contributed by atoms with Crippen LogP contribution in [0.2, 0.25) is 0 Å². The number of rotatable bonds is 7. The van der Waals surface area contributed by atoms with E-state index in [0.29, 0.717) is 12.1 Å². The molecule has 0 atom stereocenters. The second kappa shape index (κ2) is 9.25. The Labute approximate surface area is 141 Å². The number of pyridine rings is 1. The van der Waals surface area contributed by atoms with Gasteiger partial charge in [-0.25, -0.2) is 0 Å². The van der Waals surface area contributed by atoms with Crippen LogP contribution in [0.4, 0.5) is 0 Å². The molecule has 0 aliphatic rings. The van der Waals surface area contributed by atoms with Gasteiger partial charge in [0.25, 0.3) is 11.8 Å². The Kier molecular flexibility index (Phi) is 6.71. The van der Waals surface area contributed by atoms with Crippen LogP contribution in [0.5, 0.6) is 0 Å². The molecule has 1 heterocycles.